The molecule has 6 nitrogen and oxygen atoms in total. The van der Waals surface area contributed by atoms with Crippen molar-refractivity contribution in [3.8, 4) is 0 Å². The molecule has 0 saturated carbocycles. The molecule has 1 fully saturated rings. The lowest BCUT2D eigenvalue weighted by Crippen LogP contribution is -2.42. The molecule has 1 unspecified atom stereocenters. The van der Waals surface area contributed by atoms with Gasteiger partial charge in [0.25, 0.3) is 0 Å². The van der Waals surface area contributed by atoms with Crippen LogP contribution >= 0.6 is 0 Å². The number of likely N-dealkylation sites (tertiary alicyclic amines) is 1. The quantitative estimate of drug-likeness (QED) is 0.763. The van der Waals surface area contributed by atoms with Crippen molar-refractivity contribution in [1.29, 1.82) is 0 Å². The number of hydrogen-bond donors (Lipinski definition) is 2. The highest BCUT2D eigenvalue weighted by Gasteiger charge is 2.32. The maximum Gasteiger partial charge on any atom is 0.410 e. The number of nitrogens with one attached hydrogen (secondary N) is 1. The van der Waals surface area contributed by atoms with Crippen molar-refractivity contribution in [2.75, 3.05) is 25.0 Å². The van der Waals surface area contributed by atoms with Crippen molar-refractivity contribution in [2.24, 2.45) is 17.8 Å². The molecular weight excluding hydrogens is 368 g/mol. The molecule has 0 spiro atoms. The second kappa shape index (κ2) is 9.06. The van der Waals surface area contributed by atoms with E-state index in [-0.39, 0.29) is 18.4 Å². The van der Waals surface area contributed by atoms with Crippen molar-refractivity contribution in [3.63, 3.8) is 0 Å². The van der Waals surface area contributed by atoms with E-state index in [2.05, 4.69) is 17.4 Å². The predicted molar refractivity (Wildman–Crippen MR) is 113 cm³/mol. The summed E-state index contributed by atoms with van der Waals surface area (Å²) in [7, 11) is 0. The Kier molecular flexibility index (Phi) is 6.70. The first kappa shape index (κ1) is 21.5. The van der Waals surface area contributed by atoms with E-state index < -0.39 is 11.6 Å². The highest BCUT2D eigenvalue weighted by atomic mass is 16.6. The van der Waals surface area contributed by atoms with E-state index >= 15 is 0 Å². The molecule has 1 aromatic carbocycles. The molecule has 1 amide bonds. The van der Waals surface area contributed by atoms with Crippen LogP contribution in [0.2, 0.25) is 0 Å². The number of carboxylic acids is 1. The average molecular weight is 403 g/mol. The van der Waals surface area contributed by atoms with Gasteiger partial charge >= 0.3 is 12.1 Å². The number of carbonyl (C=O) groups excluding carboxylic acids is 1. The van der Waals surface area contributed by atoms with Crippen molar-refractivity contribution < 1.29 is 19.4 Å². The SMILES string of the molecule is CC(C)(C)OC(=O)N1CCC(C[C@@H](CC(=O)O)C2CNc3ccccc3C2)CC1. The van der Waals surface area contributed by atoms with Crippen LogP contribution in [0, 0.1) is 17.8 Å². The van der Waals surface area contributed by atoms with Gasteiger partial charge in [0.15, 0.2) is 0 Å². The molecule has 6 heteroatoms. The largest absolute Gasteiger partial charge is 0.481 e. The molecule has 0 aromatic heterocycles. The molecule has 0 aliphatic carbocycles. The summed E-state index contributed by atoms with van der Waals surface area (Å²) < 4.78 is 5.48. The Morgan fingerprint density at radius 3 is 2.59 bits per heavy atom. The third-order valence-corrected chi connectivity index (χ3v) is 6.06. The molecule has 2 heterocycles. The zero-order chi connectivity index (χ0) is 21.0. The van der Waals surface area contributed by atoms with E-state index in [4.69, 9.17) is 4.74 Å². The molecule has 2 N–H and O–H groups in total. The fraction of sp³-hybridized carbons (Fsp3) is 0.652. The third kappa shape index (κ3) is 6.12. The molecule has 1 saturated heterocycles. The molecule has 2 atom stereocenters. The zero-order valence-corrected chi connectivity index (χ0v) is 17.8. The Balaban J connectivity index is 1.56. The number of benzene rings is 1. The number of fused-ring (bicyclic) bond motifs is 1. The van der Waals surface area contributed by atoms with E-state index in [1.54, 1.807) is 4.90 Å². The first-order valence-corrected chi connectivity index (χ1v) is 10.7. The molecule has 0 radical (unpaired) electrons. The smallest absolute Gasteiger partial charge is 0.410 e. The normalized spacial score (nSPS) is 21.1. The van der Waals surface area contributed by atoms with Gasteiger partial charge in [0.2, 0.25) is 0 Å². The van der Waals surface area contributed by atoms with Crippen LogP contribution in [0.3, 0.4) is 0 Å². The summed E-state index contributed by atoms with van der Waals surface area (Å²) >= 11 is 0. The van der Waals surface area contributed by atoms with Crippen LogP contribution in [0.25, 0.3) is 0 Å². The third-order valence-electron chi connectivity index (χ3n) is 6.06. The Hall–Kier alpha value is -2.24. The number of para-hydroxylation sites is 1. The lowest BCUT2D eigenvalue weighted by atomic mass is 9.75. The number of nitrogens with zero attached hydrogens (tertiary/aromatic N) is 1. The number of anilines is 1. The minimum Gasteiger partial charge on any atom is -0.481 e. The number of hydrogen-bond acceptors (Lipinski definition) is 4. The number of ether oxygens (including phenoxy) is 1. The number of rotatable bonds is 5. The van der Waals surface area contributed by atoms with Crippen LogP contribution in [0.4, 0.5) is 10.5 Å². The van der Waals surface area contributed by atoms with Gasteiger partial charge < -0.3 is 20.1 Å². The molecular formula is C23H34N2O4. The summed E-state index contributed by atoms with van der Waals surface area (Å²) in [6.07, 6.45) is 3.62. The maximum absolute atomic E-state index is 12.3. The van der Waals surface area contributed by atoms with Crippen LogP contribution in [0.1, 0.15) is 52.0 Å². The van der Waals surface area contributed by atoms with Gasteiger partial charge in [-0.25, -0.2) is 4.79 Å². The fourth-order valence-corrected chi connectivity index (χ4v) is 4.57. The lowest BCUT2D eigenvalue weighted by molar-refractivity contribution is -0.138. The average Bonchev–Trinajstić information content (AvgIpc) is 2.66. The molecule has 3 rings (SSSR count). The van der Waals surface area contributed by atoms with Crippen molar-refractivity contribution in [2.45, 2.75) is 58.5 Å². The standard InChI is InChI=1S/C23H34N2O4/c1-23(2,3)29-22(28)25-10-8-16(9-11-25)12-18(14-21(26)27)19-13-17-6-4-5-7-20(17)24-15-19/h4-7,16,18-19,24H,8-15H2,1-3H3,(H,26,27)/t18-,19?/m0/s1. The summed E-state index contributed by atoms with van der Waals surface area (Å²) in [6, 6.07) is 8.29. The van der Waals surface area contributed by atoms with Crippen LogP contribution in [-0.2, 0) is 16.0 Å². The number of amides is 1. The van der Waals surface area contributed by atoms with Gasteiger partial charge in [0, 0.05) is 31.7 Å². The van der Waals surface area contributed by atoms with Gasteiger partial charge in [-0.05, 0) is 75.8 Å². The fourth-order valence-electron chi connectivity index (χ4n) is 4.57. The molecule has 160 valence electrons. The Morgan fingerprint density at radius 2 is 1.93 bits per heavy atom. The number of aliphatic carboxylic acids is 1. The van der Waals surface area contributed by atoms with Crippen LogP contribution in [0.15, 0.2) is 24.3 Å². The first-order chi connectivity index (χ1) is 13.7. The maximum atomic E-state index is 12.3. The Morgan fingerprint density at radius 1 is 1.24 bits per heavy atom. The monoisotopic (exact) mass is 402 g/mol. The predicted octanol–water partition coefficient (Wildman–Crippen LogP) is 4.40. The van der Waals surface area contributed by atoms with E-state index in [1.165, 1.54) is 11.3 Å². The molecule has 2 aliphatic rings. The molecule has 1 aromatic rings. The Labute approximate surface area is 173 Å². The minimum absolute atomic E-state index is 0.145. The van der Waals surface area contributed by atoms with Gasteiger partial charge in [0.1, 0.15) is 5.60 Å². The summed E-state index contributed by atoms with van der Waals surface area (Å²) in [6.45, 7) is 7.83. The van der Waals surface area contributed by atoms with Gasteiger partial charge in [-0.1, -0.05) is 18.2 Å². The van der Waals surface area contributed by atoms with Gasteiger partial charge in [-0.3, -0.25) is 4.79 Å². The number of carboxylic acid groups (broad SMARTS) is 1. The first-order valence-electron chi connectivity index (χ1n) is 10.7. The van der Waals surface area contributed by atoms with E-state index in [9.17, 15) is 14.7 Å². The molecule has 0 bridgehead atoms. The van der Waals surface area contributed by atoms with E-state index in [0.29, 0.717) is 24.9 Å². The van der Waals surface area contributed by atoms with E-state index in [1.807, 2.05) is 32.9 Å². The second-order valence-electron chi connectivity index (χ2n) is 9.51. The van der Waals surface area contributed by atoms with Crippen LogP contribution < -0.4 is 5.32 Å². The minimum atomic E-state index is -0.722. The summed E-state index contributed by atoms with van der Waals surface area (Å²) in [5.41, 5.74) is 1.97. The van der Waals surface area contributed by atoms with Crippen molar-refractivity contribution >= 4 is 17.7 Å². The van der Waals surface area contributed by atoms with Crippen LogP contribution in [0.5, 0.6) is 0 Å². The summed E-state index contributed by atoms with van der Waals surface area (Å²) in [5.74, 6) is 0.201. The van der Waals surface area contributed by atoms with Gasteiger partial charge in [0.05, 0.1) is 0 Å². The van der Waals surface area contributed by atoms with Crippen molar-refractivity contribution in [1.82, 2.24) is 4.90 Å². The highest BCUT2D eigenvalue weighted by Crippen LogP contribution is 2.35. The lowest BCUT2D eigenvalue weighted by Gasteiger charge is -2.37. The van der Waals surface area contributed by atoms with Gasteiger partial charge in [-0.15, -0.1) is 0 Å². The summed E-state index contributed by atoms with van der Waals surface area (Å²) in [4.78, 5) is 25.6. The highest BCUT2D eigenvalue weighted by molar-refractivity contribution is 5.68. The van der Waals surface area contributed by atoms with Crippen LogP contribution in [-0.4, -0.2) is 47.3 Å². The second-order valence-corrected chi connectivity index (χ2v) is 9.51. The topological polar surface area (TPSA) is 78.9 Å². The molecule has 29 heavy (non-hydrogen) atoms. The number of piperidine rings is 1. The van der Waals surface area contributed by atoms with E-state index in [0.717, 1.165) is 32.2 Å². The van der Waals surface area contributed by atoms with Gasteiger partial charge in [-0.2, -0.15) is 0 Å². The molecule has 2 aliphatic heterocycles. The zero-order valence-electron chi connectivity index (χ0n) is 17.8. The van der Waals surface area contributed by atoms with Crippen molar-refractivity contribution in [3.05, 3.63) is 29.8 Å². The number of carbonyl (C=O) groups is 2. The summed E-state index contributed by atoms with van der Waals surface area (Å²) in [5, 5.41) is 13.0. The Bertz CT molecular complexity index is 720.